The maximum atomic E-state index is 13.7. The smallest absolute Gasteiger partial charge is 0.425 e. The number of carboxylic acids is 1. The van der Waals surface area contributed by atoms with Crippen molar-refractivity contribution in [1.29, 1.82) is 0 Å². The Hall–Kier alpha value is -4.37. The summed E-state index contributed by atoms with van der Waals surface area (Å²) in [4.78, 5) is 39.5. The molecular weight excluding hydrogens is 496 g/mol. The Morgan fingerprint density at radius 1 is 0.923 bits per heavy atom. The van der Waals surface area contributed by atoms with E-state index >= 15 is 0 Å². The fourth-order valence-corrected chi connectivity index (χ4v) is 5.14. The topological polar surface area (TPSA) is 139 Å². The second-order valence-corrected chi connectivity index (χ2v) is 9.79. The van der Waals surface area contributed by atoms with Crippen molar-refractivity contribution in [3.05, 3.63) is 102 Å². The van der Waals surface area contributed by atoms with E-state index in [0.717, 1.165) is 21.7 Å². The summed E-state index contributed by atoms with van der Waals surface area (Å²) in [6.45, 7) is 0.236. The van der Waals surface area contributed by atoms with Crippen LogP contribution in [0.1, 0.15) is 36.0 Å². The van der Waals surface area contributed by atoms with Crippen molar-refractivity contribution in [2.24, 2.45) is 5.73 Å². The zero-order valence-corrected chi connectivity index (χ0v) is 21.7. The molecule has 1 heterocycles. The number of amides is 2. The Bertz CT molecular complexity index is 1270. The first-order valence-electron chi connectivity index (χ1n) is 13.0. The van der Waals surface area contributed by atoms with Crippen LogP contribution in [0.15, 0.2) is 84.9 Å². The Labute approximate surface area is 227 Å². The highest BCUT2D eigenvalue weighted by molar-refractivity contribution is 5.86. The van der Waals surface area contributed by atoms with E-state index in [1.54, 1.807) is 29.3 Å². The molecule has 0 bridgehead atoms. The zero-order chi connectivity index (χ0) is 27.8. The van der Waals surface area contributed by atoms with Crippen molar-refractivity contribution in [3.63, 3.8) is 0 Å². The SMILES string of the molecule is NC(=O)[C@]1(CCc2ccc(N)cc2)CCCN1N(C(=O)OCc1ccccc1)[C@H](Cc1ccccc1)C(=O)O. The lowest BCUT2D eigenvalue weighted by molar-refractivity contribution is -0.162. The molecule has 4 rings (SSSR count). The molecule has 0 aliphatic carbocycles. The Kier molecular flexibility index (Phi) is 8.83. The number of hydrogen-bond donors (Lipinski definition) is 3. The van der Waals surface area contributed by atoms with E-state index in [0.29, 0.717) is 31.4 Å². The van der Waals surface area contributed by atoms with Gasteiger partial charge >= 0.3 is 12.1 Å². The van der Waals surface area contributed by atoms with Gasteiger partial charge in [0.1, 0.15) is 12.1 Å². The maximum Gasteiger partial charge on any atom is 0.425 e. The summed E-state index contributed by atoms with van der Waals surface area (Å²) in [7, 11) is 0. The summed E-state index contributed by atoms with van der Waals surface area (Å²) in [6, 6.07) is 24.2. The van der Waals surface area contributed by atoms with Crippen molar-refractivity contribution < 1.29 is 24.2 Å². The highest BCUT2D eigenvalue weighted by atomic mass is 16.6. The van der Waals surface area contributed by atoms with Crippen LogP contribution in [0.2, 0.25) is 0 Å². The number of hydrazine groups is 1. The first-order valence-corrected chi connectivity index (χ1v) is 13.0. The Balaban J connectivity index is 1.68. The van der Waals surface area contributed by atoms with E-state index in [9.17, 15) is 19.5 Å². The van der Waals surface area contributed by atoms with Crippen LogP contribution in [-0.2, 0) is 33.8 Å². The summed E-state index contributed by atoms with van der Waals surface area (Å²) >= 11 is 0. The molecule has 2 atom stereocenters. The van der Waals surface area contributed by atoms with E-state index in [4.69, 9.17) is 16.2 Å². The fraction of sp³-hybridized carbons (Fsp3) is 0.300. The zero-order valence-electron chi connectivity index (χ0n) is 21.7. The van der Waals surface area contributed by atoms with Crippen LogP contribution in [0.25, 0.3) is 0 Å². The van der Waals surface area contributed by atoms with Crippen LogP contribution < -0.4 is 11.5 Å². The minimum absolute atomic E-state index is 0.0277. The van der Waals surface area contributed by atoms with Gasteiger partial charge in [0.15, 0.2) is 6.04 Å². The second kappa shape index (κ2) is 12.4. The summed E-state index contributed by atoms with van der Waals surface area (Å²) in [6.07, 6.45) is 0.916. The van der Waals surface area contributed by atoms with Crippen molar-refractivity contribution in [1.82, 2.24) is 10.0 Å². The molecule has 1 aliphatic rings. The number of carbonyl (C=O) groups is 3. The third kappa shape index (κ3) is 6.56. The molecule has 39 heavy (non-hydrogen) atoms. The fourth-order valence-electron chi connectivity index (χ4n) is 5.14. The molecule has 1 fully saturated rings. The molecule has 204 valence electrons. The molecule has 0 radical (unpaired) electrons. The third-order valence-corrected chi connectivity index (χ3v) is 7.22. The van der Waals surface area contributed by atoms with Gasteiger partial charge in [-0.25, -0.2) is 14.6 Å². The molecule has 0 aromatic heterocycles. The first kappa shape index (κ1) is 27.7. The summed E-state index contributed by atoms with van der Waals surface area (Å²) in [5.74, 6) is -1.82. The van der Waals surface area contributed by atoms with Crippen LogP contribution in [0.5, 0.6) is 0 Å². The van der Waals surface area contributed by atoms with Crippen LogP contribution in [0.3, 0.4) is 0 Å². The van der Waals surface area contributed by atoms with Gasteiger partial charge in [0.05, 0.1) is 0 Å². The number of aliphatic carboxylic acids is 1. The minimum Gasteiger partial charge on any atom is -0.480 e. The first-order chi connectivity index (χ1) is 18.8. The Morgan fingerprint density at radius 3 is 2.13 bits per heavy atom. The molecular formula is C30H34N4O5. The number of anilines is 1. The normalized spacial score (nSPS) is 17.8. The number of benzene rings is 3. The van der Waals surface area contributed by atoms with Gasteiger partial charge in [0.2, 0.25) is 5.91 Å². The molecule has 2 amide bonds. The van der Waals surface area contributed by atoms with Crippen molar-refractivity contribution in [3.8, 4) is 0 Å². The maximum absolute atomic E-state index is 13.7. The molecule has 0 saturated carbocycles. The van der Waals surface area contributed by atoms with Gasteiger partial charge in [-0.3, -0.25) is 4.79 Å². The van der Waals surface area contributed by atoms with E-state index in [1.807, 2.05) is 60.7 Å². The molecule has 9 nitrogen and oxygen atoms in total. The standard InChI is InChI=1S/C30H34N4O5/c31-25-14-12-22(13-15-25)16-18-30(28(32)37)17-7-19-33(30)34(29(38)39-21-24-10-5-2-6-11-24)26(27(35)36)20-23-8-3-1-4-9-23/h1-6,8-15,26H,7,16-21,31H2,(H2,32,37)(H,35,36)/t26-,30-/m1/s1. The van der Waals surface area contributed by atoms with E-state index < -0.39 is 29.6 Å². The molecule has 3 aromatic rings. The highest BCUT2D eigenvalue weighted by Gasteiger charge is 2.52. The van der Waals surface area contributed by atoms with Crippen LogP contribution in [0, 0.1) is 0 Å². The van der Waals surface area contributed by atoms with Gasteiger partial charge in [-0.2, -0.15) is 5.01 Å². The molecule has 1 aliphatic heterocycles. The third-order valence-electron chi connectivity index (χ3n) is 7.22. The molecule has 0 spiro atoms. The number of ether oxygens (including phenoxy) is 1. The van der Waals surface area contributed by atoms with Gasteiger partial charge in [-0.05, 0) is 54.5 Å². The number of nitrogens with zero attached hydrogens (tertiary/aromatic N) is 2. The number of carboxylic acid groups (broad SMARTS) is 1. The number of aryl methyl sites for hydroxylation is 1. The second-order valence-electron chi connectivity index (χ2n) is 9.79. The van der Waals surface area contributed by atoms with Gasteiger partial charge in [0, 0.05) is 18.7 Å². The number of nitrogens with two attached hydrogens (primary N) is 2. The predicted octanol–water partition coefficient (Wildman–Crippen LogP) is 3.77. The monoisotopic (exact) mass is 530 g/mol. The molecule has 1 saturated heterocycles. The quantitative estimate of drug-likeness (QED) is 0.321. The van der Waals surface area contributed by atoms with Crippen LogP contribution in [-0.4, -0.2) is 51.2 Å². The average molecular weight is 531 g/mol. The molecule has 9 heteroatoms. The molecule has 5 N–H and O–H groups in total. The lowest BCUT2D eigenvalue weighted by atomic mass is 9.88. The average Bonchev–Trinajstić information content (AvgIpc) is 3.37. The number of primary amides is 1. The van der Waals surface area contributed by atoms with Gasteiger partial charge in [0.25, 0.3) is 0 Å². The number of rotatable bonds is 11. The highest BCUT2D eigenvalue weighted by Crippen LogP contribution is 2.37. The summed E-state index contributed by atoms with van der Waals surface area (Å²) in [5, 5.41) is 13.0. The Morgan fingerprint density at radius 2 is 1.54 bits per heavy atom. The van der Waals surface area contributed by atoms with E-state index in [2.05, 4.69) is 0 Å². The predicted molar refractivity (Wildman–Crippen MR) is 147 cm³/mol. The number of nitrogen functional groups attached to an aromatic ring is 1. The van der Waals surface area contributed by atoms with Gasteiger partial charge in [-0.15, -0.1) is 0 Å². The van der Waals surface area contributed by atoms with Crippen molar-refractivity contribution in [2.75, 3.05) is 12.3 Å². The number of carbonyl (C=O) groups excluding carboxylic acids is 2. The molecule has 3 aromatic carbocycles. The van der Waals surface area contributed by atoms with Gasteiger partial charge in [-0.1, -0.05) is 72.8 Å². The number of hydrogen-bond acceptors (Lipinski definition) is 6. The largest absolute Gasteiger partial charge is 0.480 e. The minimum atomic E-state index is -1.32. The summed E-state index contributed by atoms with van der Waals surface area (Å²) < 4.78 is 5.64. The lowest BCUT2D eigenvalue weighted by Crippen LogP contribution is -2.65. The summed E-state index contributed by atoms with van der Waals surface area (Å²) in [5.41, 5.74) is 13.6. The van der Waals surface area contributed by atoms with Crippen LogP contribution in [0.4, 0.5) is 10.5 Å². The van der Waals surface area contributed by atoms with E-state index in [-0.39, 0.29) is 19.6 Å². The van der Waals surface area contributed by atoms with Crippen molar-refractivity contribution in [2.45, 2.75) is 50.3 Å². The van der Waals surface area contributed by atoms with Crippen molar-refractivity contribution >= 4 is 23.7 Å². The van der Waals surface area contributed by atoms with E-state index in [1.165, 1.54) is 0 Å². The van der Waals surface area contributed by atoms with Crippen LogP contribution >= 0.6 is 0 Å². The molecule has 0 unspecified atom stereocenters. The van der Waals surface area contributed by atoms with Gasteiger partial charge < -0.3 is 21.3 Å². The lowest BCUT2D eigenvalue weighted by Gasteiger charge is -2.44.